The number of rotatable bonds is 4. The fourth-order valence-electron chi connectivity index (χ4n) is 4.72. The SMILES string of the molecule is Fc1cccc(C2[N]CCC2c2cn(Cc3ccc(C(F)(F)F)cc3)c3ccccc23)c1F. The van der Waals surface area contributed by atoms with E-state index in [-0.39, 0.29) is 11.5 Å². The normalized spacial score (nSPS) is 18.8. The van der Waals surface area contributed by atoms with E-state index in [0.717, 1.165) is 40.2 Å². The highest BCUT2D eigenvalue weighted by atomic mass is 19.4. The van der Waals surface area contributed by atoms with Crippen molar-refractivity contribution in [1.29, 1.82) is 0 Å². The number of para-hydroxylation sites is 1. The first kappa shape index (κ1) is 21.6. The molecule has 5 rings (SSSR count). The molecule has 1 aromatic heterocycles. The van der Waals surface area contributed by atoms with Gasteiger partial charge in [0, 0.05) is 41.7 Å². The summed E-state index contributed by atoms with van der Waals surface area (Å²) in [5, 5.41) is 5.56. The van der Waals surface area contributed by atoms with Crippen LogP contribution in [-0.2, 0) is 12.7 Å². The first-order chi connectivity index (χ1) is 15.8. The van der Waals surface area contributed by atoms with Gasteiger partial charge < -0.3 is 4.57 Å². The summed E-state index contributed by atoms with van der Waals surface area (Å²) in [6.45, 7) is 0.936. The van der Waals surface area contributed by atoms with E-state index in [9.17, 15) is 22.0 Å². The van der Waals surface area contributed by atoms with Crippen LogP contribution >= 0.6 is 0 Å². The number of halogens is 5. The largest absolute Gasteiger partial charge is 0.416 e. The standard InChI is InChI=1S/C26H20F5N2/c27-22-6-3-5-20(24(22)28)25-19(12-13-32-25)21-15-33(23-7-2-1-4-18(21)23)14-16-8-10-17(11-9-16)26(29,30)31/h1-11,15,19,25H,12-14H2. The maximum absolute atomic E-state index is 14.5. The number of benzene rings is 3. The Labute approximate surface area is 187 Å². The van der Waals surface area contributed by atoms with Crippen molar-refractivity contribution < 1.29 is 22.0 Å². The topological polar surface area (TPSA) is 19.0 Å². The summed E-state index contributed by atoms with van der Waals surface area (Å²) in [4.78, 5) is 0. The first-order valence-electron chi connectivity index (χ1n) is 10.7. The Morgan fingerprint density at radius 2 is 1.64 bits per heavy atom. The number of aromatic nitrogens is 1. The van der Waals surface area contributed by atoms with Crippen molar-refractivity contribution in [2.24, 2.45) is 0 Å². The molecule has 1 aliphatic heterocycles. The molecule has 33 heavy (non-hydrogen) atoms. The second kappa shape index (κ2) is 8.30. The van der Waals surface area contributed by atoms with Gasteiger partial charge in [-0.2, -0.15) is 13.2 Å². The second-order valence-electron chi connectivity index (χ2n) is 8.31. The average molecular weight is 455 g/mol. The van der Waals surface area contributed by atoms with E-state index in [1.54, 1.807) is 6.07 Å². The number of alkyl halides is 3. The lowest BCUT2D eigenvalue weighted by Gasteiger charge is -2.19. The van der Waals surface area contributed by atoms with Crippen LogP contribution in [0.15, 0.2) is 72.9 Å². The molecule has 4 aromatic rings. The van der Waals surface area contributed by atoms with Gasteiger partial charge >= 0.3 is 6.18 Å². The van der Waals surface area contributed by atoms with Crippen molar-refractivity contribution in [3.63, 3.8) is 0 Å². The van der Waals surface area contributed by atoms with E-state index < -0.39 is 29.4 Å². The maximum Gasteiger partial charge on any atom is 0.416 e. The van der Waals surface area contributed by atoms with Gasteiger partial charge in [-0.25, -0.2) is 14.1 Å². The lowest BCUT2D eigenvalue weighted by molar-refractivity contribution is -0.137. The van der Waals surface area contributed by atoms with E-state index in [1.165, 1.54) is 18.2 Å². The van der Waals surface area contributed by atoms with Crippen molar-refractivity contribution in [3.05, 3.63) is 107 Å². The summed E-state index contributed by atoms with van der Waals surface area (Å²) in [5.74, 6) is -1.88. The summed E-state index contributed by atoms with van der Waals surface area (Å²) < 4.78 is 69.1. The molecule has 7 heteroatoms. The minimum absolute atomic E-state index is 0.125. The number of hydrogen-bond donors (Lipinski definition) is 0. The predicted octanol–water partition coefficient (Wildman–Crippen LogP) is 6.82. The molecule has 2 nitrogen and oxygen atoms in total. The molecule has 1 aliphatic rings. The summed E-state index contributed by atoms with van der Waals surface area (Å²) in [5.41, 5.74) is 2.21. The van der Waals surface area contributed by atoms with Crippen molar-refractivity contribution in [1.82, 2.24) is 9.88 Å². The van der Waals surface area contributed by atoms with Crippen LogP contribution in [0.5, 0.6) is 0 Å². The van der Waals surface area contributed by atoms with Crippen LogP contribution in [0.1, 0.15) is 40.6 Å². The summed E-state index contributed by atoms with van der Waals surface area (Å²) in [6, 6.07) is 16.5. The Hall–Kier alpha value is -3.19. The zero-order valence-electron chi connectivity index (χ0n) is 17.5. The Balaban J connectivity index is 1.52. The third-order valence-corrected chi connectivity index (χ3v) is 6.30. The van der Waals surface area contributed by atoms with Gasteiger partial charge in [-0.15, -0.1) is 0 Å². The van der Waals surface area contributed by atoms with Crippen LogP contribution in [0.25, 0.3) is 10.9 Å². The molecule has 3 aromatic carbocycles. The first-order valence-corrected chi connectivity index (χ1v) is 10.7. The summed E-state index contributed by atoms with van der Waals surface area (Å²) in [7, 11) is 0. The quantitative estimate of drug-likeness (QED) is 0.301. The van der Waals surface area contributed by atoms with Gasteiger partial charge in [-0.05, 0) is 41.8 Å². The Morgan fingerprint density at radius 3 is 2.39 bits per heavy atom. The zero-order valence-corrected chi connectivity index (χ0v) is 17.5. The van der Waals surface area contributed by atoms with Crippen LogP contribution in [0, 0.1) is 11.6 Å². The highest BCUT2D eigenvalue weighted by Gasteiger charge is 2.35. The lowest BCUT2D eigenvalue weighted by atomic mass is 9.87. The fraction of sp³-hybridized carbons (Fsp3) is 0.231. The maximum atomic E-state index is 14.5. The molecule has 0 bridgehead atoms. The molecule has 1 radical (unpaired) electrons. The minimum atomic E-state index is -4.38. The second-order valence-corrected chi connectivity index (χ2v) is 8.31. The van der Waals surface area contributed by atoms with Crippen molar-refractivity contribution in [2.45, 2.75) is 31.1 Å². The van der Waals surface area contributed by atoms with E-state index in [1.807, 2.05) is 35.0 Å². The monoisotopic (exact) mass is 455 g/mol. The van der Waals surface area contributed by atoms with Crippen LogP contribution in [0.4, 0.5) is 22.0 Å². The molecular formula is C26H20F5N2. The van der Waals surface area contributed by atoms with Crippen LogP contribution in [-0.4, -0.2) is 11.1 Å². The molecule has 2 atom stereocenters. The molecule has 0 N–H and O–H groups in total. The van der Waals surface area contributed by atoms with Gasteiger partial charge in [0.25, 0.3) is 0 Å². The van der Waals surface area contributed by atoms with Gasteiger partial charge in [0.05, 0.1) is 11.6 Å². The lowest BCUT2D eigenvalue weighted by Crippen LogP contribution is -2.14. The van der Waals surface area contributed by atoms with Gasteiger partial charge in [-0.1, -0.05) is 42.5 Å². The Kier molecular flexibility index (Phi) is 5.44. The Morgan fingerprint density at radius 1 is 0.879 bits per heavy atom. The molecule has 1 fully saturated rings. The molecule has 0 saturated carbocycles. The molecule has 169 valence electrons. The van der Waals surface area contributed by atoms with Crippen molar-refractivity contribution >= 4 is 10.9 Å². The number of fused-ring (bicyclic) bond motifs is 1. The van der Waals surface area contributed by atoms with Crippen LogP contribution < -0.4 is 5.32 Å². The van der Waals surface area contributed by atoms with E-state index in [4.69, 9.17) is 0 Å². The van der Waals surface area contributed by atoms with Crippen molar-refractivity contribution in [2.75, 3.05) is 6.54 Å². The smallest absolute Gasteiger partial charge is 0.343 e. The molecule has 0 amide bonds. The number of hydrogen-bond acceptors (Lipinski definition) is 0. The molecule has 1 saturated heterocycles. The van der Waals surface area contributed by atoms with Crippen LogP contribution in [0.3, 0.4) is 0 Å². The zero-order chi connectivity index (χ0) is 23.2. The third kappa shape index (κ3) is 4.02. The average Bonchev–Trinajstić information content (AvgIpc) is 3.41. The minimum Gasteiger partial charge on any atom is -0.343 e. The molecular weight excluding hydrogens is 435 g/mol. The van der Waals surface area contributed by atoms with Gasteiger partial charge in [0.1, 0.15) is 0 Å². The molecule has 2 heterocycles. The summed E-state index contributed by atoms with van der Waals surface area (Å²) in [6.07, 6.45) is -1.70. The van der Waals surface area contributed by atoms with E-state index in [2.05, 4.69) is 5.32 Å². The van der Waals surface area contributed by atoms with Gasteiger partial charge in [0.15, 0.2) is 11.6 Å². The fourth-order valence-corrected chi connectivity index (χ4v) is 4.72. The third-order valence-electron chi connectivity index (χ3n) is 6.30. The highest BCUT2D eigenvalue weighted by molar-refractivity contribution is 5.85. The van der Waals surface area contributed by atoms with Crippen molar-refractivity contribution in [3.8, 4) is 0 Å². The van der Waals surface area contributed by atoms with Gasteiger partial charge in [0.2, 0.25) is 0 Å². The molecule has 0 aliphatic carbocycles. The Bertz CT molecular complexity index is 1290. The summed E-state index contributed by atoms with van der Waals surface area (Å²) >= 11 is 0. The number of nitrogens with zero attached hydrogens (tertiary/aromatic N) is 2. The van der Waals surface area contributed by atoms with E-state index in [0.29, 0.717) is 19.5 Å². The van der Waals surface area contributed by atoms with Crippen LogP contribution in [0.2, 0.25) is 0 Å². The highest BCUT2D eigenvalue weighted by Crippen LogP contribution is 2.43. The van der Waals surface area contributed by atoms with E-state index >= 15 is 0 Å². The molecule has 2 unspecified atom stereocenters. The molecule has 0 spiro atoms. The predicted molar refractivity (Wildman–Crippen MR) is 116 cm³/mol. The van der Waals surface area contributed by atoms with Gasteiger partial charge in [-0.3, -0.25) is 0 Å².